The smallest absolute Gasteiger partial charge is 0.364 e. The molecule has 15 nitrogen and oxygen atoms in total. The third kappa shape index (κ3) is 5.38. The quantitative estimate of drug-likeness (QED) is 0.132. The van der Waals surface area contributed by atoms with Gasteiger partial charge in [0.1, 0.15) is 27.9 Å². The maximum Gasteiger partial charge on any atom is 0.364 e. The van der Waals surface area contributed by atoms with E-state index in [1.807, 2.05) is 0 Å². The van der Waals surface area contributed by atoms with Crippen LogP contribution in [-0.4, -0.2) is 91.3 Å². The van der Waals surface area contributed by atoms with Crippen molar-refractivity contribution in [2.45, 2.75) is 40.6 Å². The summed E-state index contributed by atoms with van der Waals surface area (Å²) in [5.74, 6) is -4.39. The molecule has 2 aromatic heterocycles. The van der Waals surface area contributed by atoms with E-state index in [4.69, 9.17) is 0 Å². The van der Waals surface area contributed by atoms with Gasteiger partial charge in [0.2, 0.25) is 0 Å². The van der Waals surface area contributed by atoms with E-state index in [9.17, 15) is 44.4 Å². The van der Waals surface area contributed by atoms with Crippen molar-refractivity contribution < 1.29 is 39.6 Å². The van der Waals surface area contributed by atoms with Crippen molar-refractivity contribution in [1.29, 1.82) is 0 Å². The molecule has 3 unspecified atom stereocenters. The first-order valence-corrected chi connectivity index (χ1v) is 14.0. The first-order chi connectivity index (χ1) is 19.6. The third-order valence-corrected chi connectivity index (χ3v) is 9.07. The average Bonchev–Trinajstić information content (AvgIpc) is 3.32. The molecule has 2 aliphatic heterocycles. The number of aromatic amines is 1. The first-order valence-electron chi connectivity index (χ1n) is 12.1. The number of aliphatic carboxylic acids is 2. The van der Waals surface area contributed by atoms with Gasteiger partial charge in [0.15, 0.2) is 11.8 Å². The lowest BCUT2D eigenvalue weighted by Crippen LogP contribution is -2.71. The number of rotatable bonds is 10. The number of hydrogen-bond acceptors (Lipinski definition) is 11. The predicted octanol–water partition coefficient (Wildman–Crippen LogP) is -0.0791. The highest BCUT2D eigenvalue weighted by molar-refractivity contribution is 8.01. The van der Waals surface area contributed by atoms with Crippen LogP contribution in [0.5, 0.6) is 5.75 Å². The van der Waals surface area contributed by atoms with Crippen molar-refractivity contribution in [1.82, 2.24) is 30.0 Å². The van der Waals surface area contributed by atoms with Gasteiger partial charge in [-0.25, -0.2) is 14.7 Å². The minimum atomic E-state index is -1.76. The monoisotopic (exact) mass is 602 g/mol. The Morgan fingerprint density at radius 1 is 1.17 bits per heavy atom. The fourth-order valence-electron chi connectivity index (χ4n) is 4.54. The number of phenols is 1. The molecule has 2 amide bonds. The largest absolute Gasteiger partial charge is 0.508 e. The summed E-state index contributed by atoms with van der Waals surface area (Å²) in [6.45, 7) is 0. The van der Waals surface area contributed by atoms with Gasteiger partial charge in [0, 0.05) is 23.0 Å². The van der Waals surface area contributed by atoms with E-state index in [0.29, 0.717) is 10.6 Å². The molecule has 0 bridgehead atoms. The van der Waals surface area contributed by atoms with Crippen molar-refractivity contribution >= 4 is 52.9 Å². The molecule has 0 aliphatic carbocycles. The van der Waals surface area contributed by atoms with Crippen molar-refractivity contribution in [3.8, 4) is 5.75 Å². The predicted molar refractivity (Wildman–Crippen MR) is 143 cm³/mol. The normalized spacial score (nSPS) is 19.8. The minimum absolute atomic E-state index is 0.00625. The number of H-pyrrole nitrogens is 1. The first kappa shape index (κ1) is 28.2. The summed E-state index contributed by atoms with van der Waals surface area (Å²) < 4.78 is 1.02. The van der Waals surface area contributed by atoms with Crippen LogP contribution in [0.2, 0.25) is 0 Å². The van der Waals surface area contributed by atoms with Crippen LogP contribution in [0.4, 0.5) is 0 Å². The minimum Gasteiger partial charge on any atom is -0.508 e. The van der Waals surface area contributed by atoms with Crippen LogP contribution in [0, 0.1) is 0 Å². The fraction of sp³-hybridized carbons (Fsp3) is 0.292. The van der Waals surface area contributed by atoms with Crippen molar-refractivity contribution in [2.24, 2.45) is 0 Å². The number of carbonyl (C=O) groups is 4. The maximum absolute atomic E-state index is 13.1. The van der Waals surface area contributed by atoms with Crippen molar-refractivity contribution in [3.05, 3.63) is 63.7 Å². The molecule has 4 atom stereocenters. The number of phenolic OH excluding ortho intramolecular Hbond substituents is 1. The lowest BCUT2D eigenvalue weighted by Gasteiger charge is -2.50. The molecule has 41 heavy (non-hydrogen) atoms. The van der Waals surface area contributed by atoms with E-state index >= 15 is 0 Å². The Kier molecular flexibility index (Phi) is 7.74. The summed E-state index contributed by atoms with van der Waals surface area (Å²) in [4.78, 5) is 62.6. The molecule has 4 heterocycles. The summed E-state index contributed by atoms with van der Waals surface area (Å²) in [5, 5.41) is 51.2. The zero-order chi connectivity index (χ0) is 29.4. The molecule has 214 valence electrons. The van der Waals surface area contributed by atoms with Gasteiger partial charge in [-0.2, -0.15) is 14.7 Å². The van der Waals surface area contributed by atoms with Gasteiger partial charge in [-0.3, -0.25) is 19.3 Å². The van der Waals surface area contributed by atoms with E-state index in [0.717, 1.165) is 21.2 Å². The molecule has 1 saturated heterocycles. The van der Waals surface area contributed by atoms with Gasteiger partial charge in [-0.1, -0.05) is 30.0 Å². The second-order valence-electron chi connectivity index (χ2n) is 9.05. The number of fused-ring (bicyclic) bond motifs is 2. The molecule has 3 aromatic rings. The fourth-order valence-corrected chi connectivity index (χ4v) is 7.20. The number of aromatic hydroxyl groups is 1. The Balaban J connectivity index is 1.40. The van der Waals surface area contributed by atoms with Crippen molar-refractivity contribution in [2.75, 3.05) is 5.75 Å². The van der Waals surface area contributed by atoms with Crippen LogP contribution in [0.25, 0.3) is 5.65 Å². The number of β-lactam (4-membered cyclic amide) rings is 1. The molecule has 0 spiro atoms. The van der Waals surface area contributed by atoms with Gasteiger partial charge in [0.25, 0.3) is 11.8 Å². The summed E-state index contributed by atoms with van der Waals surface area (Å²) >= 11 is 2.23. The van der Waals surface area contributed by atoms with Crippen LogP contribution < -0.4 is 11.0 Å². The Morgan fingerprint density at radius 3 is 2.63 bits per heavy atom. The van der Waals surface area contributed by atoms with Gasteiger partial charge in [-0.15, -0.1) is 11.8 Å². The van der Waals surface area contributed by atoms with E-state index in [1.54, 1.807) is 6.07 Å². The number of benzene rings is 1. The SMILES string of the molecule is O=C(O)CCC(Sc1ccc2n[nH]c(=O)n2n1)C1=C(C(=O)O)N2C(=O)C(NC(=O)C(O)c3ccccc3O)[C@@H]2SC1. The molecule has 1 fully saturated rings. The number of aromatic nitrogens is 4. The van der Waals surface area contributed by atoms with Gasteiger partial charge in [0.05, 0.1) is 0 Å². The summed E-state index contributed by atoms with van der Waals surface area (Å²) in [6.07, 6.45) is -2.06. The van der Waals surface area contributed by atoms with Crippen LogP contribution in [0.3, 0.4) is 0 Å². The number of carbonyl (C=O) groups excluding carboxylic acids is 2. The highest BCUT2D eigenvalue weighted by Crippen LogP contribution is 2.45. The standard InChI is InChI=1S/C24H22N6O9S2/c31-12-4-2-1-3-10(12)19(34)20(35)25-17-21(36)29-18(23(37)38)11(9-40-22(17)29)13(5-8-16(32)33)41-15-7-6-14-26-27-24(39)30(14)28-15/h1-4,6-7,13,17,19,22,31,34H,5,8-9H2,(H,25,35)(H,27,39)(H,32,33)(H,37,38)/t13?,17?,19?,22-/m0/s1. The molecule has 17 heteroatoms. The number of hydrogen-bond donors (Lipinski definition) is 6. The van der Waals surface area contributed by atoms with Crippen molar-refractivity contribution in [3.63, 3.8) is 0 Å². The number of para-hydroxylation sites is 1. The third-order valence-electron chi connectivity index (χ3n) is 6.50. The maximum atomic E-state index is 13.1. The van der Waals surface area contributed by atoms with Crippen LogP contribution in [0.1, 0.15) is 24.5 Å². The number of thioether (sulfide) groups is 2. The van der Waals surface area contributed by atoms with E-state index in [2.05, 4.69) is 20.6 Å². The van der Waals surface area contributed by atoms with E-state index < -0.39 is 52.2 Å². The second kappa shape index (κ2) is 11.3. The van der Waals surface area contributed by atoms with E-state index in [1.165, 1.54) is 42.1 Å². The Labute approximate surface area is 238 Å². The Bertz CT molecular complexity index is 1650. The highest BCUT2D eigenvalue weighted by atomic mass is 32.2. The molecule has 5 rings (SSSR count). The number of nitrogens with one attached hydrogen (secondary N) is 2. The highest BCUT2D eigenvalue weighted by Gasteiger charge is 2.55. The second-order valence-corrected chi connectivity index (χ2v) is 11.4. The zero-order valence-electron chi connectivity index (χ0n) is 20.8. The van der Waals surface area contributed by atoms with Crippen LogP contribution >= 0.6 is 23.5 Å². The molecule has 0 saturated carbocycles. The van der Waals surface area contributed by atoms with Gasteiger partial charge >= 0.3 is 17.6 Å². The van der Waals surface area contributed by atoms with Crippen LogP contribution in [0.15, 0.2) is 57.5 Å². The zero-order valence-corrected chi connectivity index (χ0v) is 22.5. The van der Waals surface area contributed by atoms with Gasteiger partial charge in [-0.05, 0) is 30.2 Å². The molecule has 0 radical (unpaired) electrons. The molecular formula is C24H22N6O9S2. The topological polar surface area (TPSA) is 228 Å². The number of carboxylic acids is 2. The Hall–Kier alpha value is -4.35. The van der Waals surface area contributed by atoms with Gasteiger partial charge < -0.3 is 25.7 Å². The Morgan fingerprint density at radius 2 is 1.93 bits per heavy atom. The van der Waals surface area contributed by atoms with E-state index in [-0.39, 0.29) is 41.3 Å². The number of aliphatic hydroxyl groups is 1. The average molecular weight is 603 g/mol. The number of aliphatic hydroxyl groups excluding tert-OH is 1. The molecular weight excluding hydrogens is 580 g/mol. The molecule has 6 N–H and O–H groups in total. The number of amides is 2. The molecule has 1 aromatic carbocycles. The molecule has 2 aliphatic rings. The lowest BCUT2D eigenvalue weighted by molar-refractivity contribution is -0.151. The van der Waals surface area contributed by atoms with Crippen LogP contribution in [-0.2, 0) is 19.2 Å². The lowest BCUT2D eigenvalue weighted by atomic mass is 9.99. The number of carboxylic acid groups (broad SMARTS) is 2. The summed E-state index contributed by atoms with van der Waals surface area (Å²) in [5.41, 5.74) is -0.414. The number of nitrogens with zero attached hydrogens (tertiary/aromatic N) is 4. The summed E-state index contributed by atoms with van der Waals surface area (Å²) in [7, 11) is 0. The summed E-state index contributed by atoms with van der Waals surface area (Å²) in [6, 6.07) is 7.63.